The SMILES string of the molecule is CNC(CCCN)c1c(C)cc(C)cc1C. The smallest absolute Gasteiger partial charge is 0.0323 e. The van der Waals surface area contributed by atoms with Gasteiger partial charge in [0.2, 0.25) is 0 Å². The number of rotatable bonds is 5. The summed E-state index contributed by atoms with van der Waals surface area (Å²) in [6.07, 6.45) is 2.18. The average Bonchev–Trinajstić information content (AvgIpc) is 2.21. The quantitative estimate of drug-likeness (QED) is 0.800. The van der Waals surface area contributed by atoms with Gasteiger partial charge in [-0.2, -0.15) is 0 Å². The third-order valence-electron chi connectivity index (χ3n) is 3.13. The van der Waals surface area contributed by atoms with E-state index in [1.807, 2.05) is 7.05 Å². The Morgan fingerprint density at radius 3 is 2.19 bits per heavy atom. The monoisotopic (exact) mass is 220 g/mol. The van der Waals surface area contributed by atoms with Crippen molar-refractivity contribution >= 4 is 0 Å². The third kappa shape index (κ3) is 3.06. The Hall–Kier alpha value is -0.860. The predicted molar refractivity (Wildman–Crippen MR) is 70.7 cm³/mol. The molecule has 90 valence electrons. The number of hydrogen-bond acceptors (Lipinski definition) is 2. The van der Waals surface area contributed by atoms with Crippen LogP contribution in [-0.2, 0) is 0 Å². The van der Waals surface area contributed by atoms with Gasteiger partial charge in [-0.25, -0.2) is 0 Å². The van der Waals surface area contributed by atoms with E-state index in [9.17, 15) is 0 Å². The fourth-order valence-corrected chi connectivity index (χ4v) is 2.50. The zero-order chi connectivity index (χ0) is 12.1. The van der Waals surface area contributed by atoms with Crippen molar-refractivity contribution in [2.45, 2.75) is 39.7 Å². The van der Waals surface area contributed by atoms with E-state index >= 15 is 0 Å². The molecule has 3 N–H and O–H groups in total. The van der Waals surface area contributed by atoms with Gasteiger partial charge in [0.15, 0.2) is 0 Å². The van der Waals surface area contributed by atoms with Crippen molar-refractivity contribution in [1.82, 2.24) is 5.32 Å². The van der Waals surface area contributed by atoms with Crippen molar-refractivity contribution in [2.24, 2.45) is 5.73 Å². The van der Waals surface area contributed by atoms with Crippen LogP contribution in [0.1, 0.15) is 41.1 Å². The van der Waals surface area contributed by atoms with Crippen LogP contribution < -0.4 is 11.1 Å². The van der Waals surface area contributed by atoms with Crippen LogP contribution in [0.3, 0.4) is 0 Å². The Morgan fingerprint density at radius 2 is 1.75 bits per heavy atom. The molecule has 1 atom stereocenters. The Bertz CT molecular complexity index is 322. The minimum absolute atomic E-state index is 0.434. The van der Waals surface area contributed by atoms with Crippen molar-refractivity contribution in [3.8, 4) is 0 Å². The van der Waals surface area contributed by atoms with Crippen LogP contribution in [0.15, 0.2) is 12.1 Å². The van der Waals surface area contributed by atoms with Crippen LogP contribution in [0.25, 0.3) is 0 Å². The second-order valence-corrected chi connectivity index (χ2v) is 4.58. The highest BCUT2D eigenvalue weighted by Crippen LogP contribution is 2.26. The molecule has 0 saturated carbocycles. The summed E-state index contributed by atoms with van der Waals surface area (Å²) < 4.78 is 0. The first kappa shape index (κ1) is 13.2. The molecule has 0 aliphatic heterocycles. The summed E-state index contributed by atoms with van der Waals surface area (Å²) in [7, 11) is 2.03. The molecule has 0 fully saturated rings. The summed E-state index contributed by atoms with van der Waals surface area (Å²) in [4.78, 5) is 0. The minimum atomic E-state index is 0.434. The maximum atomic E-state index is 5.58. The number of benzene rings is 1. The number of aryl methyl sites for hydroxylation is 3. The summed E-state index contributed by atoms with van der Waals surface area (Å²) in [5.41, 5.74) is 11.1. The second kappa shape index (κ2) is 6.02. The van der Waals surface area contributed by atoms with E-state index in [4.69, 9.17) is 5.73 Å². The molecule has 0 heterocycles. The van der Waals surface area contributed by atoms with Crippen LogP contribution in [0.5, 0.6) is 0 Å². The average molecular weight is 220 g/mol. The molecule has 1 aromatic carbocycles. The van der Waals surface area contributed by atoms with Crippen LogP contribution in [0, 0.1) is 20.8 Å². The molecule has 1 rings (SSSR count). The molecule has 0 radical (unpaired) electrons. The lowest BCUT2D eigenvalue weighted by atomic mass is 9.92. The molecule has 2 heteroatoms. The van der Waals surface area contributed by atoms with Crippen molar-refractivity contribution in [1.29, 1.82) is 0 Å². The van der Waals surface area contributed by atoms with Gasteiger partial charge in [0.05, 0.1) is 0 Å². The zero-order valence-corrected chi connectivity index (χ0v) is 10.9. The number of nitrogens with two attached hydrogens (primary N) is 1. The summed E-state index contributed by atoms with van der Waals surface area (Å²) in [5.74, 6) is 0. The Labute approximate surface area is 99.2 Å². The first-order valence-corrected chi connectivity index (χ1v) is 6.05. The topological polar surface area (TPSA) is 38.0 Å². The lowest BCUT2D eigenvalue weighted by molar-refractivity contribution is 0.526. The summed E-state index contributed by atoms with van der Waals surface area (Å²) >= 11 is 0. The highest BCUT2D eigenvalue weighted by atomic mass is 14.9. The second-order valence-electron chi connectivity index (χ2n) is 4.58. The van der Waals surface area contributed by atoms with E-state index in [0.29, 0.717) is 6.04 Å². The van der Waals surface area contributed by atoms with Crippen LogP contribution >= 0.6 is 0 Å². The maximum Gasteiger partial charge on any atom is 0.0323 e. The molecule has 0 aliphatic rings. The standard InChI is InChI=1S/C14H24N2/c1-10-8-11(2)14(12(3)9-10)13(16-4)6-5-7-15/h8-9,13,16H,5-7,15H2,1-4H3. The van der Waals surface area contributed by atoms with Crippen molar-refractivity contribution < 1.29 is 0 Å². The molecule has 2 nitrogen and oxygen atoms in total. The molecule has 16 heavy (non-hydrogen) atoms. The van der Waals surface area contributed by atoms with Gasteiger partial charge in [-0.3, -0.25) is 0 Å². The van der Waals surface area contributed by atoms with Gasteiger partial charge in [0.25, 0.3) is 0 Å². The van der Waals surface area contributed by atoms with E-state index in [-0.39, 0.29) is 0 Å². The predicted octanol–water partition coefficient (Wildman–Crippen LogP) is 2.61. The van der Waals surface area contributed by atoms with E-state index in [1.54, 1.807) is 0 Å². The Morgan fingerprint density at radius 1 is 1.19 bits per heavy atom. The van der Waals surface area contributed by atoms with Crippen molar-refractivity contribution in [3.05, 3.63) is 34.4 Å². The summed E-state index contributed by atoms with van der Waals surface area (Å²) in [5, 5.41) is 3.40. The molecule has 1 unspecified atom stereocenters. The number of hydrogen-bond donors (Lipinski definition) is 2. The highest BCUT2D eigenvalue weighted by molar-refractivity contribution is 5.39. The van der Waals surface area contributed by atoms with Crippen LogP contribution in [0.2, 0.25) is 0 Å². The van der Waals surface area contributed by atoms with Crippen molar-refractivity contribution in [3.63, 3.8) is 0 Å². The lowest BCUT2D eigenvalue weighted by Gasteiger charge is -2.21. The maximum absolute atomic E-state index is 5.58. The molecule has 0 aliphatic carbocycles. The first-order chi connectivity index (χ1) is 7.60. The van der Waals surface area contributed by atoms with Crippen LogP contribution in [0.4, 0.5) is 0 Å². The molecule has 1 aromatic rings. The first-order valence-electron chi connectivity index (χ1n) is 6.05. The largest absolute Gasteiger partial charge is 0.330 e. The van der Waals surface area contributed by atoms with Gasteiger partial charge in [0, 0.05) is 6.04 Å². The third-order valence-corrected chi connectivity index (χ3v) is 3.13. The summed E-state index contributed by atoms with van der Waals surface area (Å²) in [6.45, 7) is 7.31. The zero-order valence-electron chi connectivity index (χ0n) is 10.9. The van der Waals surface area contributed by atoms with E-state index in [1.165, 1.54) is 22.3 Å². The fraction of sp³-hybridized carbons (Fsp3) is 0.571. The lowest BCUT2D eigenvalue weighted by Crippen LogP contribution is -2.19. The fourth-order valence-electron chi connectivity index (χ4n) is 2.50. The van der Waals surface area contributed by atoms with Gasteiger partial charge < -0.3 is 11.1 Å². The van der Waals surface area contributed by atoms with Gasteiger partial charge >= 0.3 is 0 Å². The van der Waals surface area contributed by atoms with Crippen molar-refractivity contribution in [2.75, 3.05) is 13.6 Å². The minimum Gasteiger partial charge on any atom is -0.330 e. The molecule has 0 spiro atoms. The molecule has 0 bridgehead atoms. The highest BCUT2D eigenvalue weighted by Gasteiger charge is 2.14. The molecule has 0 saturated heterocycles. The van der Waals surface area contributed by atoms with Crippen LogP contribution in [-0.4, -0.2) is 13.6 Å². The van der Waals surface area contributed by atoms with E-state index in [2.05, 4.69) is 38.2 Å². The van der Waals surface area contributed by atoms with Gasteiger partial charge in [-0.05, 0) is 63.9 Å². The van der Waals surface area contributed by atoms with Gasteiger partial charge in [0.1, 0.15) is 0 Å². The molecule has 0 aromatic heterocycles. The Balaban J connectivity index is 2.99. The molecular weight excluding hydrogens is 196 g/mol. The normalized spacial score (nSPS) is 12.8. The van der Waals surface area contributed by atoms with Gasteiger partial charge in [-0.15, -0.1) is 0 Å². The Kier molecular flexibility index (Phi) is 4.97. The number of nitrogens with one attached hydrogen (secondary N) is 1. The molecular formula is C14H24N2. The van der Waals surface area contributed by atoms with E-state index < -0.39 is 0 Å². The van der Waals surface area contributed by atoms with Gasteiger partial charge in [-0.1, -0.05) is 17.7 Å². The van der Waals surface area contributed by atoms with E-state index in [0.717, 1.165) is 19.4 Å². The summed E-state index contributed by atoms with van der Waals surface area (Å²) in [6, 6.07) is 4.95. The molecule has 0 amide bonds.